The lowest BCUT2D eigenvalue weighted by atomic mass is 10.0. The largest absolute Gasteiger partial charge is 0.493 e. The van der Waals surface area contributed by atoms with E-state index in [1.807, 2.05) is 0 Å². The second-order valence-electron chi connectivity index (χ2n) is 6.00. The predicted molar refractivity (Wildman–Crippen MR) is 109 cm³/mol. The highest BCUT2D eigenvalue weighted by Crippen LogP contribution is 2.42. The minimum Gasteiger partial charge on any atom is -0.493 e. The van der Waals surface area contributed by atoms with E-state index in [-0.39, 0.29) is 26.2 Å². The van der Waals surface area contributed by atoms with Crippen molar-refractivity contribution in [2.45, 2.75) is 19.4 Å². The fraction of sp³-hybridized carbons (Fsp3) is 0.524. The second kappa shape index (κ2) is 13.4. The van der Waals surface area contributed by atoms with Crippen molar-refractivity contribution in [1.82, 2.24) is 0 Å². The van der Waals surface area contributed by atoms with Crippen molar-refractivity contribution in [3.63, 3.8) is 0 Å². The molecule has 0 unspecified atom stereocenters. The smallest absolute Gasteiger partial charge is 0.330 e. The Hall–Kier alpha value is -2.78. The Kier molecular flexibility index (Phi) is 11.3. The Labute approximate surface area is 176 Å². The third-order valence-electron chi connectivity index (χ3n) is 3.96. The van der Waals surface area contributed by atoms with Gasteiger partial charge in [-0.15, -0.1) is 0 Å². The molecule has 0 radical (unpaired) electrons. The van der Waals surface area contributed by atoms with Crippen LogP contribution in [0.4, 0.5) is 0 Å². The van der Waals surface area contributed by atoms with Gasteiger partial charge in [0.25, 0.3) is 0 Å². The Morgan fingerprint density at radius 2 is 1.60 bits per heavy atom. The van der Waals surface area contributed by atoms with E-state index < -0.39 is 18.0 Å². The van der Waals surface area contributed by atoms with E-state index in [2.05, 4.69) is 0 Å². The molecule has 0 spiro atoms. The van der Waals surface area contributed by atoms with E-state index in [1.54, 1.807) is 13.0 Å². The summed E-state index contributed by atoms with van der Waals surface area (Å²) in [6.45, 7) is 2.35. The summed E-state index contributed by atoms with van der Waals surface area (Å²) in [4.78, 5) is 24.3. The Morgan fingerprint density at radius 1 is 0.967 bits per heavy atom. The fourth-order valence-electron chi connectivity index (χ4n) is 2.77. The molecule has 1 rings (SSSR count). The third kappa shape index (κ3) is 7.23. The summed E-state index contributed by atoms with van der Waals surface area (Å²) in [5, 5.41) is 0. The number of hydrogen-bond acceptors (Lipinski definition) is 9. The van der Waals surface area contributed by atoms with Gasteiger partial charge in [0.15, 0.2) is 11.5 Å². The topological polar surface area (TPSA) is 98.8 Å². The summed E-state index contributed by atoms with van der Waals surface area (Å²) in [5.74, 6) is -0.0177. The first-order valence-corrected chi connectivity index (χ1v) is 9.29. The molecule has 0 atom stereocenters. The number of rotatable bonds is 13. The van der Waals surface area contributed by atoms with Crippen LogP contribution in [0.2, 0.25) is 0 Å². The molecule has 168 valence electrons. The maximum absolute atomic E-state index is 12.6. The van der Waals surface area contributed by atoms with Gasteiger partial charge in [-0.1, -0.05) is 0 Å². The average Bonchev–Trinajstić information content (AvgIpc) is 2.72. The number of carbonyl (C=O) groups is 2. The quantitative estimate of drug-likeness (QED) is 0.346. The Balaban J connectivity index is 3.32. The van der Waals surface area contributed by atoms with E-state index in [4.69, 9.17) is 33.2 Å². The van der Waals surface area contributed by atoms with Crippen molar-refractivity contribution in [2.75, 3.05) is 55.4 Å². The van der Waals surface area contributed by atoms with Crippen molar-refractivity contribution in [1.29, 1.82) is 0 Å². The normalized spacial score (nSPS) is 10.9. The van der Waals surface area contributed by atoms with Gasteiger partial charge in [0.1, 0.15) is 6.10 Å². The Morgan fingerprint density at radius 3 is 2.10 bits per heavy atom. The van der Waals surface area contributed by atoms with E-state index in [9.17, 15) is 9.59 Å². The molecule has 0 saturated heterocycles. The van der Waals surface area contributed by atoms with Crippen molar-refractivity contribution in [3.8, 4) is 17.2 Å². The summed E-state index contributed by atoms with van der Waals surface area (Å²) >= 11 is 0. The molecule has 0 amide bonds. The molecular weight excluding hydrogens is 396 g/mol. The molecule has 1 aromatic rings. The van der Waals surface area contributed by atoms with Gasteiger partial charge in [0.05, 0.1) is 47.6 Å². The molecule has 0 heterocycles. The number of benzene rings is 1. The van der Waals surface area contributed by atoms with Gasteiger partial charge < -0.3 is 33.2 Å². The van der Waals surface area contributed by atoms with E-state index in [0.29, 0.717) is 28.4 Å². The minimum absolute atomic E-state index is 0.108. The zero-order chi connectivity index (χ0) is 22.5. The van der Waals surface area contributed by atoms with E-state index >= 15 is 0 Å². The number of methoxy groups -OCH3 is 5. The molecule has 0 N–H and O–H groups in total. The minimum atomic E-state index is -0.548. The van der Waals surface area contributed by atoms with Crippen molar-refractivity contribution in [2.24, 2.45) is 0 Å². The van der Waals surface area contributed by atoms with E-state index in [1.165, 1.54) is 47.7 Å². The van der Waals surface area contributed by atoms with Gasteiger partial charge in [0, 0.05) is 25.9 Å². The van der Waals surface area contributed by atoms with Gasteiger partial charge in [-0.05, 0) is 24.6 Å². The van der Waals surface area contributed by atoms with Crippen LogP contribution >= 0.6 is 0 Å². The summed E-state index contributed by atoms with van der Waals surface area (Å²) < 4.78 is 36.7. The van der Waals surface area contributed by atoms with Crippen LogP contribution in [-0.4, -0.2) is 73.4 Å². The molecule has 30 heavy (non-hydrogen) atoms. The summed E-state index contributed by atoms with van der Waals surface area (Å²) in [6, 6.07) is 1.63. The van der Waals surface area contributed by atoms with Crippen LogP contribution in [0.15, 0.2) is 12.1 Å². The summed E-state index contributed by atoms with van der Waals surface area (Å²) in [7, 11) is 7.41. The standard InChI is InChI=1S/C21H30O9/c1-7-29-18(22)9-8-16-14(10-17(26-4)21(28-6)20(16)27-5)11-19(23)30-15(12-24-2)13-25-3/h8-10,15H,7,11-13H2,1-6H3/b9-8+. The molecule has 0 bridgehead atoms. The monoisotopic (exact) mass is 426 g/mol. The highest BCUT2D eigenvalue weighted by Gasteiger charge is 2.22. The molecule has 1 aromatic carbocycles. The molecule has 9 nitrogen and oxygen atoms in total. The zero-order valence-electron chi connectivity index (χ0n) is 18.3. The molecular formula is C21H30O9. The molecule has 0 aromatic heterocycles. The molecule has 0 fully saturated rings. The molecule has 0 aliphatic heterocycles. The number of carbonyl (C=O) groups excluding carboxylic acids is 2. The first-order valence-electron chi connectivity index (χ1n) is 9.29. The Bertz CT molecular complexity index is 722. The number of hydrogen-bond donors (Lipinski definition) is 0. The van der Waals surface area contributed by atoms with Crippen LogP contribution in [0.5, 0.6) is 17.2 Å². The number of ether oxygens (including phenoxy) is 7. The van der Waals surface area contributed by atoms with Gasteiger partial charge in [0.2, 0.25) is 5.75 Å². The van der Waals surface area contributed by atoms with E-state index in [0.717, 1.165) is 0 Å². The van der Waals surface area contributed by atoms with Crippen molar-refractivity contribution >= 4 is 18.0 Å². The summed E-state index contributed by atoms with van der Waals surface area (Å²) in [6.07, 6.45) is 2.10. The van der Waals surface area contributed by atoms with Crippen LogP contribution in [0.3, 0.4) is 0 Å². The van der Waals surface area contributed by atoms with Crippen LogP contribution < -0.4 is 14.2 Å². The van der Waals surface area contributed by atoms with Crippen molar-refractivity contribution < 1.29 is 42.7 Å². The molecule has 9 heteroatoms. The second-order valence-corrected chi connectivity index (χ2v) is 6.00. The lowest BCUT2D eigenvalue weighted by molar-refractivity contribution is -0.153. The lowest BCUT2D eigenvalue weighted by Gasteiger charge is -2.19. The van der Waals surface area contributed by atoms with Crippen molar-refractivity contribution in [3.05, 3.63) is 23.3 Å². The lowest BCUT2D eigenvalue weighted by Crippen LogP contribution is -2.28. The fourth-order valence-corrected chi connectivity index (χ4v) is 2.77. The average molecular weight is 426 g/mol. The van der Waals surface area contributed by atoms with Crippen LogP contribution in [0.1, 0.15) is 18.1 Å². The van der Waals surface area contributed by atoms with Crippen LogP contribution in [0.25, 0.3) is 6.08 Å². The predicted octanol–water partition coefficient (Wildman–Crippen LogP) is 2.04. The maximum atomic E-state index is 12.6. The van der Waals surface area contributed by atoms with Gasteiger partial charge in [-0.2, -0.15) is 0 Å². The SMILES string of the molecule is CCOC(=O)/C=C/c1c(CC(=O)OC(COC)COC)cc(OC)c(OC)c1OC. The number of esters is 2. The highest BCUT2D eigenvalue weighted by molar-refractivity contribution is 5.89. The third-order valence-corrected chi connectivity index (χ3v) is 3.96. The molecule has 0 aliphatic rings. The zero-order valence-corrected chi connectivity index (χ0v) is 18.3. The highest BCUT2D eigenvalue weighted by atomic mass is 16.6. The van der Waals surface area contributed by atoms with Crippen LogP contribution in [0, 0.1) is 0 Å². The van der Waals surface area contributed by atoms with Crippen LogP contribution in [-0.2, 0) is 35.0 Å². The molecule has 0 saturated carbocycles. The van der Waals surface area contributed by atoms with Gasteiger partial charge in [-0.25, -0.2) is 4.79 Å². The maximum Gasteiger partial charge on any atom is 0.330 e. The van der Waals surface area contributed by atoms with Gasteiger partial charge >= 0.3 is 11.9 Å². The molecule has 0 aliphatic carbocycles. The first kappa shape index (κ1) is 25.3. The first-order chi connectivity index (χ1) is 14.4. The van der Waals surface area contributed by atoms with Gasteiger partial charge in [-0.3, -0.25) is 4.79 Å². The summed E-state index contributed by atoms with van der Waals surface area (Å²) in [5.41, 5.74) is 0.985.